The summed E-state index contributed by atoms with van der Waals surface area (Å²) in [6.07, 6.45) is 2.34. The summed E-state index contributed by atoms with van der Waals surface area (Å²) < 4.78 is 11.2. The number of rotatable bonds is 1. The molecule has 0 saturated carbocycles. The van der Waals surface area contributed by atoms with Crippen molar-refractivity contribution < 1.29 is 4.48 Å². The lowest BCUT2D eigenvalue weighted by Gasteiger charge is -1.83. The molecule has 0 aliphatic carbocycles. The van der Waals surface area contributed by atoms with Crippen molar-refractivity contribution >= 4 is 5.95 Å². The van der Waals surface area contributed by atoms with Crippen LogP contribution in [0, 0.1) is 0 Å². The van der Waals surface area contributed by atoms with E-state index in [-0.39, 0.29) is 5.95 Å². The molecule has 1 radical (unpaired) electrons. The van der Waals surface area contributed by atoms with E-state index in [1.165, 1.54) is 12.7 Å². The quantitative estimate of drug-likeness (QED) is 0.514. The van der Waals surface area contributed by atoms with Gasteiger partial charge in [-0.1, -0.05) is 4.48 Å². The Bertz CT molecular complexity index is 153. The van der Waals surface area contributed by atoms with Crippen molar-refractivity contribution in [1.82, 2.24) is 20.5 Å². The summed E-state index contributed by atoms with van der Waals surface area (Å²) in [4.78, 5) is 10.1. The molecule has 8 heavy (non-hydrogen) atoms. The lowest BCUT2D eigenvalue weighted by Crippen LogP contribution is -1.89. The minimum Gasteiger partial charge on any atom is -0.225 e. The van der Waals surface area contributed by atoms with E-state index >= 15 is 0 Å². The zero-order valence-electron chi connectivity index (χ0n) is 3.82. The van der Waals surface area contributed by atoms with Gasteiger partial charge in [0.25, 0.3) is 5.95 Å². The molecule has 0 N–H and O–H groups in total. The van der Waals surface area contributed by atoms with Crippen LogP contribution in [0.25, 0.3) is 0 Å². The summed E-state index contributed by atoms with van der Waals surface area (Å²) in [6.45, 7) is 0. The van der Waals surface area contributed by atoms with Crippen molar-refractivity contribution in [2.45, 2.75) is 0 Å². The third-order valence-electron chi connectivity index (χ3n) is 0.555. The summed E-state index contributed by atoms with van der Waals surface area (Å²) in [5.74, 6) is -0.194. The van der Waals surface area contributed by atoms with Gasteiger partial charge in [0.2, 0.25) is 0 Å². The maximum absolute atomic E-state index is 11.2. The fraction of sp³-hybridized carbons (Fsp3) is 0. The van der Waals surface area contributed by atoms with Gasteiger partial charge in [0.1, 0.15) is 12.7 Å². The highest BCUT2D eigenvalue weighted by molar-refractivity contribution is 5.03. The molecule has 0 aliphatic rings. The van der Waals surface area contributed by atoms with E-state index in [0.717, 1.165) is 0 Å². The molecule has 0 aliphatic heterocycles. The Hall–Kier alpha value is -1.26. The van der Waals surface area contributed by atoms with Crippen LogP contribution >= 0.6 is 0 Å². The molecule has 0 saturated heterocycles. The molecule has 1 aromatic heterocycles. The van der Waals surface area contributed by atoms with E-state index in [0.29, 0.717) is 0 Å². The molecule has 4 nitrogen and oxygen atoms in total. The highest BCUT2D eigenvalue weighted by Crippen LogP contribution is 1.89. The van der Waals surface area contributed by atoms with Gasteiger partial charge in [-0.15, -0.1) is 0 Å². The van der Waals surface area contributed by atoms with Gasteiger partial charge >= 0.3 is 0 Å². The molecule has 5 heteroatoms. The number of hydrogen-bond acceptors (Lipinski definition) is 3. The average Bonchev–Trinajstić information content (AvgIpc) is 1.90. The Morgan fingerprint density at radius 1 is 1.38 bits per heavy atom. The molecule has 1 aromatic rings. The normalized spacial score (nSPS) is 8.62. The van der Waals surface area contributed by atoms with Gasteiger partial charge < -0.3 is 0 Å². The highest BCUT2D eigenvalue weighted by Gasteiger charge is 1.89. The van der Waals surface area contributed by atoms with E-state index in [2.05, 4.69) is 20.5 Å². The Kier molecular flexibility index (Phi) is 1.32. The van der Waals surface area contributed by atoms with Crippen molar-refractivity contribution in [3.8, 4) is 0 Å². The van der Waals surface area contributed by atoms with Crippen LogP contribution in [0.2, 0.25) is 0 Å². The van der Waals surface area contributed by atoms with Crippen LogP contribution < -0.4 is 5.54 Å². The van der Waals surface area contributed by atoms with Crippen molar-refractivity contribution in [1.29, 1.82) is 0 Å². The number of aromatic nitrogens is 3. The maximum atomic E-state index is 11.2. The van der Waals surface area contributed by atoms with Crippen LogP contribution in [0.3, 0.4) is 0 Å². The minimum atomic E-state index is -0.194. The van der Waals surface area contributed by atoms with E-state index in [1.54, 1.807) is 0 Å². The van der Waals surface area contributed by atoms with E-state index < -0.39 is 0 Å². The van der Waals surface area contributed by atoms with E-state index in [4.69, 9.17) is 0 Å². The van der Waals surface area contributed by atoms with Crippen LogP contribution in [0.15, 0.2) is 12.7 Å². The third kappa shape index (κ3) is 0.868. The predicted octanol–water partition coefficient (Wildman–Crippen LogP) is -0.00800. The van der Waals surface area contributed by atoms with Gasteiger partial charge in [-0.3, -0.25) is 0 Å². The van der Waals surface area contributed by atoms with Gasteiger partial charge in [-0.05, 0) is 5.54 Å². The second kappa shape index (κ2) is 2.15. The van der Waals surface area contributed by atoms with Gasteiger partial charge in [0.15, 0.2) is 0 Å². The van der Waals surface area contributed by atoms with Crippen LogP contribution in [-0.2, 0) is 0 Å². The molecule has 1 rings (SSSR count). The molecule has 0 amide bonds. The first-order valence-corrected chi connectivity index (χ1v) is 1.87. The number of hydrogen-bond donors (Lipinski definition) is 0. The lowest BCUT2D eigenvalue weighted by atomic mass is 11.0. The summed E-state index contributed by atoms with van der Waals surface area (Å²) in [7, 11) is 0. The monoisotopic (exact) mass is 113 g/mol. The third-order valence-corrected chi connectivity index (χ3v) is 0.555. The van der Waals surface area contributed by atoms with Gasteiger partial charge in [-0.2, -0.15) is 9.97 Å². The fourth-order valence-corrected chi connectivity index (χ4v) is 0.277. The molecule has 0 bridgehead atoms. The van der Waals surface area contributed by atoms with Crippen LogP contribution in [0.4, 0.5) is 10.4 Å². The molecule has 41 valence electrons. The molecule has 0 spiro atoms. The minimum absolute atomic E-state index is 0.194. The van der Waals surface area contributed by atoms with Gasteiger partial charge in [-0.25, -0.2) is 4.98 Å². The van der Waals surface area contributed by atoms with E-state index in [9.17, 15) is 4.48 Å². The molecule has 0 fully saturated rings. The molecule has 1 heterocycles. The van der Waals surface area contributed by atoms with Crippen molar-refractivity contribution in [3.05, 3.63) is 12.7 Å². The number of halogens is 1. The Labute approximate surface area is 44.7 Å². The highest BCUT2D eigenvalue weighted by atomic mass is 19.2. The zero-order chi connectivity index (χ0) is 5.82. The average molecular weight is 113 g/mol. The first kappa shape index (κ1) is 4.89. The van der Waals surface area contributed by atoms with Crippen LogP contribution in [0.5, 0.6) is 0 Å². The van der Waals surface area contributed by atoms with Gasteiger partial charge in [0.05, 0.1) is 0 Å². The summed E-state index contributed by atoms with van der Waals surface area (Å²) in [6, 6.07) is 0. The SMILES string of the molecule is F[N]c1ncncn1. The topological polar surface area (TPSA) is 52.8 Å². The second-order valence-electron chi connectivity index (χ2n) is 1.02. The number of nitrogens with zero attached hydrogens (tertiary/aromatic N) is 4. The lowest BCUT2D eigenvalue weighted by molar-refractivity contribution is 0.388. The maximum Gasteiger partial charge on any atom is 0.282 e. The van der Waals surface area contributed by atoms with Crippen molar-refractivity contribution in [2.24, 2.45) is 0 Å². The molecule has 0 atom stereocenters. The first-order chi connectivity index (χ1) is 3.93. The Balaban J connectivity index is 2.83. The zero-order valence-corrected chi connectivity index (χ0v) is 3.82. The standard InChI is InChI=1S/C3H2FN4/c4-8-3-6-1-5-2-7-3/h1-2H. The van der Waals surface area contributed by atoms with Crippen LogP contribution in [0.1, 0.15) is 0 Å². The Morgan fingerprint density at radius 2 is 2.00 bits per heavy atom. The van der Waals surface area contributed by atoms with E-state index in [1.807, 2.05) is 0 Å². The predicted molar refractivity (Wildman–Crippen MR) is 22.7 cm³/mol. The molecule has 0 unspecified atom stereocenters. The smallest absolute Gasteiger partial charge is 0.225 e. The molecular formula is C3H2FN4. The summed E-state index contributed by atoms with van der Waals surface area (Å²) in [5, 5.41) is 0. The summed E-state index contributed by atoms with van der Waals surface area (Å²) >= 11 is 0. The van der Waals surface area contributed by atoms with Gasteiger partial charge in [0, 0.05) is 0 Å². The largest absolute Gasteiger partial charge is 0.282 e. The van der Waals surface area contributed by atoms with Crippen molar-refractivity contribution in [2.75, 3.05) is 0 Å². The van der Waals surface area contributed by atoms with Crippen LogP contribution in [-0.4, -0.2) is 15.0 Å². The summed E-state index contributed by atoms with van der Waals surface area (Å²) in [5.41, 5.74) is 2.21. The fourth-order valence-electron chi connectivity index (χ4n) is 0.277. The molecule has 0 aromatic carbocycles. The second-order valence-corrected chi connectivity index (χ2v) is 1.02. The Morgan fingerprint density at radius 3 is 2.38 bits per heavy atom. The van der Waals surface area contributed by atoms with Crippen molar-refractivity contribution in [3.63, 3.8) is 0 Å². The first-order valence-electron chi connectivity index (χ1n) is 1.87. The molecular weight excluding hydrogens is 111 g/mol.